The summed E-state index contributed by atoms with van der Waals surface area (Å²) >= 11 is 6.02. The number of amides is 2. The molecule has 0 spiro atoms. The van der Waals surface area contributed by atoms with Crippen LogP contribution in [-0.2, 0) is 26.2 Å². The number of rotatable bonds is 10. The minimum absolute atomic E-state index is 0.174. The van der Waals surface area contributed by atoms with Gasteiger partial charge in [-0.25, -0.2) is 8.42 Å². The van der Waals surface area contributed by atoms with Crippen LogP contribution in [0.3, 0.4) is 0 Å². The molecule has 0 aliphatic rings. The van der Waals surface area contributed by atoms with E-state index >= 15 is 0 Å². The molecule has 2 amide bonds. The van der Waals surface area contributed by atoms with E-state index in [1.54, 1.807) is 32.0 Å². The number of hydrogen-bond donors (Lipinski definition) is 1. The Kier molecular flexibility index (Phi) is 9.31. The van der Waals surface area contributed by atoms with Crippen LogP contribution in [-0.4, -0.2) is 50.5 Å². The highest BCUT2D eigenvalue weighted by atomic mass is 35.5. The summed E-state index contributed by atoms with van der Waals surface area (Å²) in [7, 11) is -3.78. The average molecular weight is 494 g/mol. The topological polar surface area (TPSA) is 86.8 Å². The molecule has 0 heterocycles. The molecule has 7 nitrogen and oxygen atoms in total. The first kappa shape index (κ1) is 26.7. The zero-order valence-corrected chi connectivity index (χ0v) is 21.3. The molecule has 33 heavy (non-hydrogen) atoms. The molecule has 0 unspecified atom stereocenters. The quantitative estimate of drug-likeness (QED) is 0.547. The Morgan fingerprint density at radius 1 is 1.06 bits per heavy atom. The molecule has 0 aliphatic heterocycles. The van der Waals surface area contributed by atoms with Crippen molar-refractivity contribution in [1.29, 1.82) is 0 Å². The normalized spacial score (nSPS) is 12.3. The fourth-order valence-electron chi connectivity index (χ4n) is 3.31. The summed E-state index contributed by atoms with van der Waals surface area (Å²) in [6, 6.07) is 13.3. The Hall–Kier alpha value is -2.58. The van der Waals surface area contributed by atoms with Gasteiger partial charge in [0.2, 0.25) is 21.8 Å². The van der Waals surface area contributed by atoms with Crippen LogP contribution in [0.5, 0.6) is 0 Å². The molecular weight excluding hydrogens is 462 g/mol. The second kappa shape index (κ2) is 11.5. The van der Waals surface area contributed by atoms with Gasteiger partial charge in [-0.2, -0.15) is 0 Å². The number of benzene rings is 2. The summed E-state index contributed by atoms with van der Waals surface area (Å²) in [6.07, 6.45) is 1.05. The number of anilines is 1. The largest absolute Gasteiger partial charge is 0.354 e. The standard InChI is InChI=1S/C24H32ClN3O4S/c1-17(2)14-26-24(30)19(4)27(15-20-9-7-6-8-10-20)23(29)16-28(33(5,31)32)22-12-11-21(25)13-18(22)3/h6-13,17,19H,14-16H2,1-5H3,(H,26,30)/t19-/m1/s1. The van der Waals surface area contributed by atoms with Crippen LogP contribution >= 0.6 is 11.6 Å². The number of nitrogens with one attached hydrogen (secondary N) is 1. The number of hydrogen-bond acceptors (Lipinski definition) is 4. The predicted molar refractivity (Wildman–Crippen MR) is 133 cm³/mol. The van der Waals surface area contributed by atoms with Crippen molar-refractivity contribution in [2.75, 3.05) is 23.7 Å². The molecule has 0 saturated heterocycles. The fourth-order valence-corrected chi connectivity index (χ4v) is 4.44. The third-order valence-electron chi connectivity index (χ3n) is 5.15. The average Bonchev–Trinajstić information content (AvgIpc) is 2.74. The van der Waals surface area contributed by atoms with E-state index in [2.05, 4.69) is 5.32 Å². The van der Waals surface area contributed by atoms with Crippen LogP contribution in [0, 0.1) is 12.8 Å². The van der Waals surface area contributed by atoms with Crippen molar-refractivity contribution in [1.82, 2.24) is 10.2 Å². The lowest BCUT2D eigenvalue weighted by Gasteiger charge is -2.32. The van der Waals surface area contributed by atoms with Gasteiger partial charge in [0.05, 0.1) is 11.9 Å². The van der Waals surface area contributed by atoms with Crippen molar-refractivity contribution in [3.05, 3.63) is 64.7 Å². The molecule has 0 bridgehead atoms. The van der Waals surface area contributed by atoms with E-state index in [0.29, 0.717) is 22.8 Å². The maximum Gasteiger partial charge on any atom is 0.244 e. The van der Waals surface area contributed by atoms with Crippen LogP contribution < -0.4 is 9.62 Å². The van der Waals surface area contributed by atoms with Gasteiger partial charge in [0.15, 0.2) is 0 Å². The predicted octanol–water partition coefficient (Wildman–Crippen LogP) is 3.60. The van der Waals surface area contributed by atoms with E-state index in [1.807, 2.05) is 44.2 Å². The van der Waals surface area contributed by atoms with Crippen molar-refractivity contribution in [3.63, 3.8) is 0 Å². The SMILES string of the molecule is Cc1cc(Cl)ccc1N(CC(=O)N(Cc1ccccc1)[C@H](C)C(=O)NCC(C)C)S(C)(=O)=O. The number of nitrogens with zero attached hydrogens (tertiary/aromatic N) is 2. The number of halogens is 1. The Balaban J connectivity index is 2.37. The molecule has 0 aromatic heterocycles. The lowest BCUT2D eigenvalue weighted by molar-refractivity contribution is -0.139. The van der Waals surface area contributed by atoms with E-state index in [-0.39, 0.29) is 18.4 Å². The van der Waals surface area contributed by atoms with Gasteiger partial charge in [0, 0.05) is 18.1 Å². The van der Waals surface area contributed by atoms with E-state index in [0.717, 1.165) is 16.1 Å². The Labute approximate surface area is 201 Å². The smallest absolute Gasteiger partial charge is 0.244 e. The van der Waals surface area contributed by atoms with Crippen LogP contribution in [0.2, 0.25) is 5.02 Å². The number of aryl methyl sites for hydroxylation is 1. The van der Waals surface area contributed by atoms with E-state index in [4.69, 9.17) is 11.6 Å². The van der Waals surface area contributed by atoms with Crippen molar-refractivity contribution in [2.24, 2.45) is 5.92 Å². The summed E-state index contributed by atoms with van der Waals surface area (Å²) in [5.41, 5.74) is 1.83. The Bertz CT molecular complexity index is 1070. The number of carbonyl (C=O) groups is 2. The van der Waals surface area contributed by atoms with Crippen molar-refractivity contribution in [2.45, 2.75) is 40.3 Å². The molecule has 0 aliphatic carbocycles. The zero-order chi connectivity index (χ0) is 24.8. The third-order valence-corrected chi connectivity index (χ3v) is 6.52. The van der Waals surface area contributed by atoms with Crippen LogP contribution in [0.15, 0.2) is 48.5 Å². The van der Waals surface area contributed by atoms with Crippen LogP contribution in [0.4, 0.5) is 5.69 Å². The van der Waals surface area contributed by atoms with Gasteiger partial charge in [-0.3, -0.25) is 13.9 Å². The second-order valence-corrected chi connectivity index (χ2v) is 10.9. The molecule has 0 fully saturated rings. The van der Waals surface area contributed by atoms with Gasteiger partial charge in [0.1, 0.15) is 12.6 Å². The molecule has 180 valence electrons. The second-order valence-electron chi connectivity index (χ2n) is 8.52. The first-order valence-electron chi connectivity index (χ1n) is 10.7. The molecule has 1 atom stereocenters. The highest BCUT2D eigenvalue weighted by Crippen LogP contribution is 2.26. The summed E-state index contributed by atoms with van der Waals surface area (Å²) < 4.78 is 26.3. The summed E-state index contributed by atoms with van der Waals surface area (Å²) in [4.78, 5) is 27.6. The van der Waals surface area contributed by atoms with E-state index in [9.17, 15) is 18.0 Å². The zero-order valence-electron chi connectivity index (χ0n) is 19.7. The third kappa shape index (κ3) is 7.75. The monoisotopic (exact) mass is 493 g/mol. The molecule has 0 radical (unpaired) electrons. The highest BCUT2D eigenvalue weighted by molar-refractivity contribution is 7.92. The van der Waals surface area contributed by atoms with E-state index in [1.165, 1.54) is 4.90 Å². The summed E-state index contributed by atoms with van der Waals surface area (Å²) in [6.45, 7) is 7.56. The minimum Gasteiger partial charge on any atom is -0.354 e. The van der Waals surface area contributed by atoms with Gasteiger partial charge in [-0.1, -0.05) is 55.8 Å². The van der Waals surface area contributed by atoms with Crippen LogP contribution in [0.1, 0.15) is 31.9 Å². The van der Waals surface area contributed by atoms with Gasteiger partial charge in [-0.05, 0) is 49.1 Å². The van der Waals surface area contributed by atoms with Gasteiger partial charge >= 0.3 is 0 Å². The molecule has 2 aromatic rings. The van der Waals surface area contributed by atoms with Crippen molar-refractivity contribution in [3.8, 4) is 0 Å². The molecular formula is C24H32ClN3O4S. The Morgan fingerprint density at radius 2 is 1.70 bits per heavy atom. The van der Waals surface area contributed by atoms with Crippen molar-refractivity contribution < 1.29 is 18.0 Å². The fraction of sp³-hybridized carbons (Fsp3) is 0.417. The minimum atomic E-state index is -3.78. The molecule has 2 aromatic carbocycles. The number of sulfonamides is 1. The van der Waals surface area contributed by atoms with Gasteiger partial charge in [-0.15, -0.1) is 0 Å². The van der Waals surface area contributed by atoms with E-state index < -0.39 is 28.5 Å². The lowest BCUT2D eigenvalue weighted by Crippen LogP contribution is -2.51. The molecule has 2 rings (SSSR count). The highest BCUT2D eigenvalue weighted by Gasteiger charge is 2.30. The molecule has 1 N–H and O–H groups in total. The lowest BCUT2D eigenvalue weighted by atomic mass is 10.1. The number of carbonyl (C=O) groups excluding carboxylic acids is 2. The molecule has 9 heteroatoms. The van der Waals surface area contributed by atoms with Crippen molar-refractivity contribution >= 4 is 39.1 Å². The van der Waals surface area contributed by atoms with Crippen LogP contribution in [0.25, 0.3) is 0 Å². The van der Waals surface area contributed by atoms with Gasteiger partial charge in [0.25, 0.3) is 0 Å². The first-order chi connectivity index (χ1) is 15.4. The maximum absolute atomic E-state index is 13.5. The Morgan fingerprint density at radius 3 is 2.24 bits per heavy atom. The maximum atomic E-state index is 13.5. The first-order valence-corrected chi connectivity index (χ1v) is 13.0. The molecule has 0 saturated carbocycles. The van der Waals surface area contributed by atoms with Gasteiger partial charge < -0.3 is 10.2 Å². The summed E-state index contributed by atoms with van der Waals surface area (Å²) in [5.74, 6) is -0.514. The summed E-state index contributed by atoms with van der Waals surface area (Å²) in [5, 5.41) is 3.32.